The summed E-state index contributed by atoms with van der Waals surface area (Å²) in [5, 5.41) is 10.1. The van der Waals surface area contributed by atoms with E-state index in [1.54, 1.807) is 18.0 Å². The van der Waals surface area contributed by atoms with Gasteiger partial charge in [0.25, 0.3) is 0 Å². The van der Waals surface area contributed by atoms with Crippen LogP contribution in [0.1, 0.15) is 24.8 Å². The quantitative estimate of drug-likeness (QED) is 0.605. The van der Waals surface area contributed by atoms with E-state index in [2.05, 4.69) is 15.9 Å². The minimum atomic E-state index is -0.717. The molecule has 2 aliphatic heterocycles. The largest absolute Gasteiger partial charge is 0.395 e. The Labute approximate surface area is 153 Å². The molecule has 0 aromatic carbocycles. The lowest BCUT2D eigenvalue weighted by Crippen LogP contribution is -2.30. The molecule has 0 amide bonds. The van der Waals surface area contributed by atoms with Crippen LogP contribution >= 0.6 is 23.4 Å². The number of rotatable bonds is 2. The minimum Gasteiger partial charge on any atom is -0.395 e. The van der Waals surface area contributed by atoms with E-state index in [1.807, 2.05) is 18.4 Å². The Kier molecular flexibility index (Phi) is 3.90. The number of hydrogen-bond donors (Lipinski definition) is 2. The van der Waals surface area contributed by atoms with Crippen LogP contribution in [0, 0.1) is 12.3 Å². The van der Waals surface area contributed by atoms with Gasteiger partial charge in [-0.25, -0.2) is 4.98 Å². The van der Waals surface area contributed by atoms with Crippen molar-refractivity contribution < 1.29 is 14.6 Å². The highest BCUT2D eigenvalue weighted by atomic mass is 35.5. The number of nitrogen functional groups attached to an aromatic ring is 1. The number of nitrogens with zero attached hydrogens (tertiary/aromatic N) is 3. The molecule has 3 N–H and O–H groups in total. The summed E-state index contributed by atoms with van der Waals surface area (Å²) in [6.45, 7) is 3.71. The van der Waals surface area contributed by atoms with Gasteiger partial charge in [-0.15, -0.1) is 18.2 Å². The lowest BCUT2D eigenvalue weighted by Gasteiger charge is -2.23. The average molecular weight is 381 g/mol. The van der Waals surface area contributed by atoms with E-state index >= 15 is 0 Å². The van der Waals surface area contributed by atoms with E-state index in [0.717, 1.165) is 0 Å². The van der Waals surface area contributed by atoms with E-state index in [9.17, 15) is 5.11 Å². The Morgan fingerprint density at radius 2 is 2.16 bits per heavy atom. The Balaban J connectivity index is 1.86. The van der Waals surface area contributed by atoms with Gasteiger partial charge >= 0.3 is 0 Å². The maximum Gasteiger partial charge on any atom is 0.226 e. The summed E-state index contributed by atoms with van der Waals surface area (Å²) in [6, 6.07) is 0. The number of halogens is 1. The number of ether oxygens (including phenoxy) is 2. The molecule has 0 aliphatic carbocycles. The molecular formula is C16H17ClN4O3S. The van der Waals surface area contributed by atoms with Crippen molar-refractivity contribution in [1.29, 1.82) is 0 Å². The summed E-state index contributed by atoms with van der Waals surface area (Å²) >= 11 is 7.55. The van der Waals surface area contributed by atoms with Gasteiger partial charge < -0.3 is 24.9 Å². The molecule has 2 fully saturated rings. The number of nitrogens with two attached hydrogens (primary N) is 1. The van der Waals surface area contributed by atoms with Crippen molar-refractivity contribution in [3.05, 3.63) is 17.0 Å². The Morgan fingerprint density at radius 1 is 1.44 bits per heavy atom. The zero-order valence-electron chi connectivity index (χ0n) is 13.6. The van der Waals surface area contributed by atoms with Crippen LogP contribution in [0.25, 0.3) is 11.0 Å². The highest BCUT2D eigenvalue weighted by Crippen LogP contribution is 2.51. The molecule has 4 heterocycles. The van der Waals surface area contributed by atoms with Crippen LogP contribution in [0.15, 0.2) is 6.20 Å². The van der Waals surface area contributed by atoms with E-state index in [1.165, 1.54) is 0 Å². The van der Waals surface area contributed by atoms with Crippen LogP contribution in [0.5, 0.6) is 0 Å². The average Bonchev–Trinajstić information content (AvgIpc) is 3.15. The standard InChI is InChI=1S/C16H17ClN4O3S/c1-4-7-5-21(13-9(7)12(18)19-15(17)20-13)14-11-10(8(6-22)25-14)23-16(2,3)24-11/h1,5,8,10-11,14,22H,6H2,2-3H3,(H2,18,19,20)/t8-,10?,11+,14-/m1/s1. The fourth-order valence-electron chi connectivity index (χ4n) is 3.48. The minimum absolute atomic E-state index is 0.0130. The molecule has 0 radical (unpaired) electrons. The molecule has 2 aromatic rings. The van der Waals surface area contributed by atoms with Crippen LogP contribution in [-0.2, 0) is 9.47 Å². The lowest BCUT2D eigenvalue weighted by molar-refractivity contribution is -0.149. The second-order valence-electron chi connectivity index (χ2n) is 6.48. The zero-order valence-corrected chi connectivity index (χ0v) is 15.2. The highest BCUT2D eigenvalue weighted by Gasteiger charge is 2.55. The van der Waals surface area contributed by atoms with Crippen molar-refractivity contribution in [1.82, 2.24) is 14.5 Å². The molecule has 9 heteroatoms. The smallest absolute Gasteiger partial charge is 0.226 e. The molecule has 4 atom stereocenters. The molecule has 4 rings (SSSR count). The molecular weight excluding hydrogens is 364 g/mol. The van der Waals surface area contributed by atoms with Crippen LogP contribution < -0.4 is 5.73 Å². The topological polar surface area (TPSA) is 95.4 Å². The maximum absolute atomic E-state index is 9.74. The van der Waals surface area contributed by atoms with Crippen molar-refractivity contribution in [3.8, 4) is 12.3 Å². The van der Waals surface area contributed by atoms with Crippen LogP contribution in [0.2, 0.25) is 5.28 Å². The van der Waals surface area contributed by atoms with Crippen LogP contribution in [0.3, 0.4) is 0 Å². The first-order valence-corrected chi connectivity index (χ1v) is 9.09. The molecule has 2 saturated heterocycles. The van der Waals surface area contributed by atoms with Gasteiger partial charge in [0.2, 0.25) is 5.28 Å². The summed E-state index contributed by atoms with van der Waals surface area (Å²) in [7, 11) is 0. The predicted octanol–water partition coefficient (Wildman–Crippen LogP) is 1.77. The fourth-order valence-corrected chi connectivity index (χ4v) is 5.12. The molecule has 0 bridgehead atoms. The normalized spacial score (nSPS) is 30.5. The number of aliphatic hydroxyl groups excluding tert-OH is 1. The summed E-state index contributed by atoms with van der Waals surface area (Å²) in [5.41, 5.74) is 7.14. The third kappa shape index (κ3) is 2.58. The summed E-state index contributed by atoms with van der Waals surface area (Å²) < 4.78 is 14.0. The first kappa shape index (κ1) is 16.9. The molecule has 1 unspecified atom stereocenters. The molecule has 0 spiro atoms. The number of terminal acetylenes is 1. The third-order valence-electron chi connectivity index (χ3n) is 4.41. The van der Waals surface area contributed by atoms with Crippen LogP contribution in [-0.4, -0.2) is 49.5 Å². The zero-order chi connectivity index (χ0) is 17.9. The Hall–Kier alpha value is -1.50. The molecule has 2 aliphatic rings. The molecule has 25 heavy (non-hydrogen) atoms. The van der Waals surface area contributed by atoms with E-state index in [4.69, 9.17) is 33.2 Å². The fraction of sp³-hybridized carbons (Fsp3) is 0.500. The van der Waals surface area contributed by atoms with Gasteiger partial charge in [0.1, 0.15) is 29.0 Å². The molecule has 7 nitrogen and oxygen atoms in total. The van der Waals surface area contributed by atoms with E-state index in [-0.39, 0.29) is 40.5 Å². The van der Waals surface area contributed by atoms with Gasteiger partial charge in [-0.2, -0.15) is 4.98 Å². The Bertz CT molecular complexity index is 894. The lowest BCUT2D eigenvalue weighted by atomic mass is 10.1. The van der Waals surface area contributed by atoms with Crippen molar-refractivity contribution in [3.63, 3.8) is 0 Å². The Morgan fingerprint density at radius 3 is 2.84 bits per heavy atom. The first-order chi connectivity index (χ1) is 11.8. The van der Waals surface area contributed by atoms with Crippen molar-refractivity contribution >= 4 is 40.2 Å². The van der Waals surface area contributed by atoms with Crippen molar-refractivity contribution in [2.45, 2.75) is 42.5 Å². The molecule has 0 saturated carbocycles. The van der Waals surface area contributed by atoms with Crippen LogP contribution in [0.4, 0.5) is 5.82 Å². The number of thioether (sulfide) groups is 1. The van der Waals surface area contributed by atoms with Crippen molar-refractivity contribution in [2.24, 2.45) is 0 Å². The van der Waals surface area contributed by atoms with Crippen molar-refractivity contribution in [2.75, 3.05) is 12.3 Å². The van der Waals surface area contributed by atoms with Gasteiger partial charge in [0, 0.05) is 6.20 Å². The maximum atomic E-state index is 9.74. The van der Waals surface area contributed by atoms with E-state index < -0.39 is 5.79 Å². The van der Waals surface area contributed by atoms with Gasteiger partial charge in [-0.1, -0.05) is 5.92 Å². The summed E-state index contributed by atoms with van der Waals surface area (Å²) in [6.07, 6.45) is 6.95. The number of fused-ring (bicyclic) bond motifs is 2. The molecule has 132 valence electrons. The second kappa shape index (κ2) is 5.76. The SMILES string of the molecule is C#Cc1cn([C@@H]2S[C@H](CO)C3OC(C)(C)O[C@@H]32)c2nc(Cl)nc(N)c12. The number of anilines is 1. The third-order valence-corrected chi connectivity index (χ3v) is 6.12. The number of hydrogen-bond acceptors (Lipinski definition) is 7. The number of aliphatic hydroxyl groups is 1. The van der Waals surface area contributed by atoms with Gasteiger partial charge in [0.15, 0.2) is 5.79 Å². The second-order valence-corrected chi connectivity index (χ2v) is 8.18. The number of aromatic nitrogens is 3. The summed E-state index contributed by atoms with van der Waals surface area (Å²) in [5.74, 6) is 2.14. The highest BCUT2D eigenvalue weighted by molar-refractivity contribution is 8.00. The predicted molar refractivity (Wildman–Crippen MR) is 96.2 cm³/mol. The monoisotopic (exact) mass is 380 g/mol. The van der Waals surface area contributed by atoms with Gasteiger partial charge in [-0.3, -0.25) is 0 Å². The summed E-state index contributed by atoms with van der Waals surface area (Å²) in [4.78, 5) is 8.31. The van der Waals surface area contributed by atoms with Gasteiger partial charge in [0.05, 0.1) is 22.8 Å². The molecule has 2 aromatic heterocycles. The first-order valence-electron chi connectivity index (χ1n) is 7.76. The van der Waals surface area contributed by atoms with E-state index in [0.29, 0.717) is 16.6 Å². The van der Waals surface area contributed by atoms with Gasteiger partial charge in [-0.05, 0) is 25.4 Å².